The van der Waals surface area contributed by atoms with Crippen LogP contribution in [0.2, 0.25) is 0 Å². The topological polar surface area (TPSA) is 65.4 Å². The van der Waals surface area contributed by atoms with Crippen LogP contribution >= 0.6 is 0 Å². The van der Waals surface area contributed by atoms with Crippen LogP contribution < -0.4 is 5.32 Å². The number of aromatic nitrogens is 1. The highest BCUT2D eigenvalue weighted by atomic mass is 16.3. The Morgan fingerprint density at radius 1 is 1.06 bits per heavy atom. The van der Waals surface area contributed by atoms with Crippen molar-refractivity contribution >= 4 is 5.69 Å². The molecule has 0 bridgehead atoms. The average Bonchev–Trinajstić information content (AvgIpc) is 2.39. The van der Waals surface area contributed by atoms with Gasteiger partial charge in [0.1, 0.15) is 5.75 Å². The lowest BCUT2D eigenvalue weighted by Crippen LogP contribution is -2.01. The fourth-order valence-electron chi connectivity index (χ4n) is 1.44. The molecule has 0 radical (unpaired) electrons. The first-order valence-corrected chi connectivity index (χ1v) is 5.35. The summed E-state index contributed by atoms with van der Waals surface area (Å²) in [7, 11) is 0. The van der Waals surface area contributed by atoms with Crippen molar-refractivity contribution in [2.45, 2.75) is 13.2 Å². The zero-order valence-electron chi connectivity index (χ0n) is 9.30. The Morgan fingerprint density at radius 3 is 2.41 bits per heavy atom. The van der Waals surface area contributed by atoms with Crippen molar-refractivity contribution < 1.29 is 10.2 Å². The standard InChI is InChI=1S/C13H14N2O2/c16-9-10-1-3-11(4-2-10)14-7-12-5-6-13(17)8-15-12/h1-6,8,14,16-17H,7,9H2. The Kier molecular flexibility index (Phi) is 3.57. The summed E-state index contributed by atoms with van der Waals surface area (Å²) in [4.78, 5) is 4.07. The van der Waals surface area contributed by atoms with E-state index >= 15 is 0 Å². The zero-order valence-corrected chi connectivity index (χ0v) is 9.30. The van der Waals surface area contributed by atoms with E-state index in [1.807, 2.05) is 24.3 Å². The van der Waals surface area contributed by atoms with Gasteiger partial charge in [-0.25, -0.2) is 0 Å². The maximum atomic E-state index is 9.09. The lowest BCUT2D eigenvalue weighted by molar-refractivity contribution is 0.282. The molecule has 4 nitrogen and oxygen atoms in total. The first kappa shape index (κ1) is 11.4. The predicted molar refractivity (Wildman–Crippen MR) is 65.6 cm³/mol. The summed E-state index contributed by atoms with van der Waals surface area (Å²) in [6.45, 7) is 0.651. The third-order valence-corrected chi connectivity index (χ3v) is 2.42. The fraction of sp³-hybridized carbons (Fsp3) is 0.154. The number of hydrogen-bond donors (Lipinski definition) is 3. The van der Waals surface area contributed by atoms with Gasteiger partial charge < -0.3 is 15.5 Å². The molecule has 0 saturated heterocycles. The maximum Gasteiger partial charge on any atom is 0.133 e. The monoisotopic (exact) mass is 230 g/mol. The molecule has 0 atom stereocenters. The van der Waals surface area contributed by atoms with E-state index < -0.39 is 0 Å². The van der Waals surface area contributed by atoms with Crippen LogP contribution in [0.15, 0.2) is 42.6 Å². The minimum absolute atomic E-state index is 0.0554. The number of hydrogen-bond acceptors (Lipinski definition) is 4. The van der Waals surface area contributed by atoms with Gasteiger partial charge in [-0.15, -0.1) is 0 Å². The van der Waals surface area contributed by atoms with Crippen LogP contribution in [-0.4, -0.2) is 15.2 Å². The van der Waals surface area contributed by atoms with Crippen molar-refractivity contribution in [2.24, 2.45) is 0 Å². The molecule has 4 heteroatoms. The van der Waals surface area contributed by atoms with Gasteiger partial charge in [-0.05, 0) is 29.8 Å². The summed E-state index contributed by atoms with van der Waals surface area (Å²) in [5.41, 5.74) is 2.71. The van der Waals surface area contributed by atoms with Crippen LogP contribution in [0.5, 0.6) is 5.75 Å². The highest BCUT2D eigenvalue weighted by Gasteiger charge is 1.96. The SMILES string of the molecule is OCc1ccc(NCc2ccc(O)cn2)cc1. The second-order valence-corrected chi connectivity index (χ2v) is 3.72. The molecule has 1 aromatic heterocycles. The molecule has 2 aromatic rings. The molecule has 0 fully saturated rings. The number of pyridine rings is 1. The largest absolute Gasteiger partial charge is 0.506 e. The lowest BCUT2D eigenvalue weighted by Gasteiger charge is -2.06. The third-order valence-electron chi connectivity index (χ3n) is 2.42. The molecule has 1 aromatic carbocycles. The molecule has 0 spiro atoms. The number of rotatable bonds is 4. The number of anilines is 1. The quantitative estimate of drug-likeness (QED) is 0.750. The lowest BCUT2D eigenvalue weighted by atomic mass is 10.2. The molecular weight excluding hydrogens is 216 g/mol. The van der Waals surface area contributed by atoms with E-state index in [4.69, 9.17) is 10.2 Å². The molecule has 1 heterocycles. The van der Waals surface area contributed by atoms with Crippen molar-refractivity contribution in [1.29, 1.82) is 0 Å². The molecular formula is C13H14N2O2. The molecule has 3 N–H and O–H groups in total. The predicted octanol–water partition coefficient (Wildman–Crippen LogP) is 1.89. The van der Waals surface area contributed by atoms with Gasteiger partial charge in [0.15, 0.2) is 0 Å². The van der Waals surface area contributed by atoms with Crippen LogP contribution in [0, 0.1) is 0 Å². The Labute approximate surface area is 99.6 Å². The Morgan fingerprint density at radius 2 is 1.82 bits per heavy atom. The number of nitrogens with one attached hydrogen (secondary N) is 1. The third kappa shape index (κ3) is 3.19. The van der Waals surface area contributed by atoms with E-state index in [-0.39, 0.29) is 12.4 Å². The molecule has 0 aliphatic heterocycles. The van der Waals surface area contributed by atoms with Crippen LogP contribution in [-0.2, 0) is 13.2 Å². The molecule has 17 heavy (non-hydrogen) atoms. The van der Waals surface area contributed by atoms with Gasteiger partial charge in [-0.3, -0.25) is 4.98 Å². The normalized spacial score (nSPS) is 10.2. The van der Waals surface area contributed by atoms with Gasteiger partial charge in [0.05, 0.1) is 25.0 Å². The van der Waals surface area contributed by atoms with Crippen LogP contribution in [0.1, 0.15) is 11.3 Å². The average molecular weight is 230 g/mol. The summed E-state index contributed by atoms with van der Waals surface area (Å²) in [6, 6.07) is 10.9. The highest BCUT2D eigenvalue weighted by molar-refractivity contribution is 5.44. The van der Waals surface area contributed by atoms with E-state index in [1.165, 1.54) is 6.20 Å². The highest BCUT2D eigenvalue weighted by Crippen LogP contribution is 2.11. The molecule has 0 amide bonds. The van der Waals surface area contributed by atoms with Crippen molar-refractivity contribution in [3.8, 4) is 5.75 Å². The van der Waals surface area contributed by atoms with E-state index in [1.54, 1.807) is 12.1 Å². The summed E-state index contributed by atoms with van der Waals surface area (Å²) >= 11 is 0. The van der Waals surface area contributed by atoms with Gasteiger partial charge in [0.25, 0.3) is 0 Å². The first-order chi connectivity index (χ1) is 8.28. The second kappa shape index (κ2) is 5.32. The molecule has 0 saturated carbocycles. The van der Waals surface area contributed by atoms with Crippen LogP contribution in [0.25, 0.3) is 0 Å². The van der Waals surface area contributed by atoms with E-state index in [0.717, 1.165) is 16.9 Å². The van der Waals surface area contributed by atoms with Gasteiger partial charge >= 0.3 is 0 Å². The Hall–Kier alpha value is -2.07. The maximum absolute atomic E-state index is 9.09. The number of nitrogens with zero attached hydrogens (tertiary/aromatic N) is 1. The first-order valence-electron chi connectivity index (χ1n) is 5.35. The van der Waals surface area contributed by atoms with Crippen LogP contribution in [0.3, 0.4) is 0 Å². The molecule has 0 aliphatic carbocycles. The van der Waals surface area contributed by atoms with Crippen molar-refractivity contribution in [2.75, 3.05) is 5.32 Å². The van der Waals surface area contributed by atoms with E-state index in [2.05, 4.69) is 10.3 Å². The second-order valence-electron chi connectivity index (χ2n) is 3.72. The summed E-state index contributed by atoms with van der Waals surface area (Å²) in [6.07, 6.45) is 1.42. The van der Waals surface area contributed by atoms with E-state index in [9.17, 15) is 0 Å². The summed E-state index contributed by atoms with van der Waals surface area (Å²) in [5.74, 6) is 0.168. The number of aliphatic hydroxyl groups is 1. The van der Waals surface area contributed by atoms with Crippen molar-refractivity contribution in [3.63, 3.8) is 0 Å². The number of aliphatic hydroxyl groups excluding tert-OH is 1. The summed E-state index contributed by atoms with van der Waals surface area (Å²) < 4.78 is 0. The minimum Gasteiger partial charge on any atom is -0.506 e. The van der Waals surface area contributed by atoms with Gasteiger partial charge in [-0.2, -0.15) is 0 Å². The van der Waals surface area contributed by atoms with Gasteiger partial charge in [-0.1, -0.05) is 12.1 Å². The molecule has 0 aliphatic rings. The minimum atomic E-state index is 0.0554. The number of benzene rings is 1. The molecule has 0 unspecified atom stereocenters. The van der Waals surface area contributed by atoms with Crippen molar-refractivity contribution in [3.05, 3.63) is 53.9 Å². The summed E-state index contributed by atoms with van der Waals surface area (Å²) in [5, 5.41) is 21.2. The Balaban J connectivity index is 1.95. The Bertz CT molecular complexity index is 466. The zero-order chi connectivity index (χ0) is 12.1. The molecule has 88 valence electrons. The number of aromatic hydroxyl groups is 1. The fourth-order valence-corrected chi connectivity index (χ4v) is 1.44. The molecule has 2 rings (SSSR count). The van der Waals surface area contributed by atoms with E-state index in [0.29, 0.717) is 6.54 Å². The van der Waals surface area contributed by atoms with Crippen molar-refractivity contribution in [1.82, 2.24) is 4.98 Å². The van der Waals surface area contributed by atoms with Gasteiger partial charge in [0.2, 0.25) is 0 Å². The van der Waals surface area contributed by atoms with Crippen LogP contribution in [0.4, 0.5) is 5.69 Å². The smallest absolute Gasteiger partial charge is 0.133 e. The van der Waals surface area contributed by atoms with Gasteiger partial charge in [0, 0.05) is 5.69 Å².